The topological polar surface area (TPSA) is 102 Å². The molecule has 0 unspecified atom stereocenters. The summed E-state index contributed by atoms with van der Waals surface area (Å²) in [5, 5.41) is -0.133. The van der Waals surface area contributed by atoms with E-state index in [0.29, 0.717) is 16.0 Å². The quantitative estimate of drug-likeness (QED) is 0.275. The minimum atomic E-state index is -0.901. The van der Waals surface area contributed by atoms with Crippen LogP contribution in [0.3, 0.4) is 0 Å². The van der Waals surface area contributed by atoms with Crippen LogP contribution in [0.5, 0.6) is 23.1 Å². The summed E-state index contributed by atoms with van der Waals surface area (Å²) in [5.41, 5.74) is -1.40. The number of rotatable bonds is 7. The Labute approximate surface area is 208 Å². The second-order valence-electron chi connectivity index (χ2n) is 7.52. The summed E-state index contributed by atoms with van der Waals surface area (Å²) in [7, 11) is 1.46. The number of para-hydroxylation sites is 1. The first-order chi connectivity index (χ1) is 17.2. The van der Waals surface area contributed by atoms with Crippen molar-refractivity contribution in [2.75, 3.05) is 6.61 Å². The van der Waals surface area contributed by atoms with Gasteiger partial charge < -0.3 is 18.8 Å². The van der Waals surface area contributed by atoms with Crippen LogP contribution in [0.15, 0.2) is 76.4 Å². The molecule has 0 saturated heterocycles. The first-order valence-corrected chi connectivity index (χ1v) is 10.9. The zero-order valence-electron chi connectivity index (χ0n) is 19.1. The first-order valence-electron chi connectivity index (χ1n) is 10.5. The number of esters is 1. The zero-order chi connectivity index (χ0) is 25.8. The van der Waals surface area contributed by atoms with Crippen molar-refractivity contribution in [2.45, 2.75) is 6.92 Å². The summed E-state index contributed by atoms with van der Waals surface area (Å²) in [6, 6.07) is 14.7. The molecule has 0 radical (unpaired) electrons. The Balaban J connectivity index is 1.61. The summed E-state index contributed by atoms with van der Waals surface area (Å²) in [6.07, 6.45) is 1.41. The van der Waals surface area contributed by atoms with Gasteiger partial charge in [0.2, 0.25) is 0 Å². The highest BCUT2D eigenvalue weighted by Gasteiger charge is 2.19. The maximum Gasteiger partial charge on any atom is 0.349 e. The molecule has 0 saturated carbocycles. The summed E-state index contributed by atoms with van der Waals surface area (Å²) < 4.78 is 33.1. The molecule has 2 aromatic carbocycles. The van der Waals surface area contributed by atoms with Crippen molar-refractivity contribution >= 4 is 17.6 Å². The number of nitrogens with zero attached hydrogens (tertiary/aromatic N) is 3. The number of halogens is 2. The fourth-order valence-electron chi connectivity index (χ4n) is 3.18. The van der Waals surface area contributed by atoms with Crippen LogP contribution in [0.2, 0.25) is 5.02 Å². The summed E-state index contributed by atoms with van der Waals surface area (Å²) in [5.74, 6) is -1.31. The smallest absolute Gasteiger partial charge is 0.349 e. The van der Waals surface area contributed by atoms with E-state index in [1.165, 1.54) is 29.9 Å². The number of aryl methyl sites for hydroxylation is 1. The normalized spacial score (nSPS) is 10.7. The summed E-state index contributed by atoms with van der Waals surface area (Å²) >= 11 is 6.17. The van der Waals surface area contributed by atoms with Crippen LogP contribution in [0.1, 0.15) is 5.69 Å². The van der Waals surface area contributed by atoms with Crippen molar-refractivity contribution in [3.8, 4) is 28.8 Å². The lowest BCUT2D eigenvalue weighted by atomic mass is 10.2. The van der Waals surface area contributed by atoms with Crippen LogP contribution in [0.25, 0.3) is 5.69 Å². The molecule has 9 nitrogen and oxygen atoms in total. The molecule has 0 bridgehead atoms. The molecule has 4 aromatic rings. The molecule has 0 aliphatic carbocycles. The highest BCUT2D eigenvalue weighted by Crippen LogP contribution is 2.35. The van der Waals surface area contributed by atoms with Gasteiger partial charge in [-0.15, -0.1) is 0 Å². The molecule has 0 spiro atoms. The maximum atomic E-state index is 14.8. The SMILES string of the molecule is Cc1cc(=O)n(-c2cc(Oc3cccnc3OCC(=O)Oc3ccccc3)c(Cl)cc2F)c(=O)n1C. The van der Waals surface area contributed by atoms with E-state index < -0.39 is 29.6 Å². The molecular weight excluding hydrogens is 493 g/mol. The lowest BCUT2D eigenvalue weighted by Crippen LogP contribution is -2.38. The molecular formula is C25H19ClFN3O6. The van der Waals surface area contributed by atoms with E-state index in [1.807, 2.05) is 0 Å². The second-order valence-corrected chi connectivity index (χ2v) is 7.93. The third-order valence-corrected chi connectivity index (χ3v) is 5.36. The highest BCUT2D eigenvalue weighted by molar-refractivity contribution is 6.32. The van der Waals surface area contributed by atoms with Crippen molar-refractivity contribution in [1.82, 2.24) is 14.1 Å². The van der Waals surface area contributed by atoms with E-state index in [0.717, 1.165) is 12.1 Å². The zero-order valence-corrected chi connectivity index (χ0v) is 19.9. The molecule has 0 aliphatic heterocycles. The van der Waals surface area contributed by atoms with Crippen molar-refractivity contribution in [2.24, 2.45) is 7.05 Å². The van der Waals surface area contributed by atoms with E-state index in [9.17, 15) is 18.8 Å². The van der Waals surface area contributed by atoms with Gasteiger partial charge >= 0.3 is 11.7 Å². The van der Waals surface area contributed by atoms with Gasteiger partial charge in [0.05, 0.1) is 10.7 Å². The van der Waals surface area contributed by atoms with Gasteiger partial charge in [0.25, 0.3) is 11.4 Å². The standard InChI is InChI=1S/C25H19ClFN3O6/c1-15-11-22(31)30(25(33)29(15)2)19-13-21(17(26)12-18(19)27)36-20-9-6-10-28-24(20)34-14-23(32)35-16-7-4-3-5-8-16/h3-13H,14H2,1-2H3. The van der Waals surface area contributed by atoms with Crippen LogP contribution in [-0.4, -0.2) is 26.7 Å². The van der Waals surface area contributed by atoms with E-state index in [1.54, 1.807) is 43.3 Å². The fourth-order valence-corrected chi connectivity index (χ4v) is 3.37. The Morgan fingerprint density at radius 3 is 2.56 bits per heavy atom. The van der Waals surface area contributed by atoms with Gasteiger partial charge in [0, 0.05) is 31.1 Å². The number of benzene rings is 2. The fraction of sp³-hybridized carbons (Fsp3) is 0.120. The van der Waals surface area contributed by atoms with E-state index in [-0.39, 0.29) is 28.1 Å². The number of ether oxygens (including phenoxy) is 3. The molecule has 0 aliphatic rings. The maximum absolute atomic E-state index is 14.8. The number of carbonyl (C=O) groups is 1. The molecule has 11 heteroatoms. The van der Waals surface area contributed by atoms with Gasteiger partial charge in [-0.05, 0) is 37.3 Å². The predicted octanol–water partition coefficient (Wildman–Crippen LogP) is 3.81. The summed E-state index contributed by atoms with van der Waals surface area (Å²) in [4.78, 5) is 41.3. The minimum absolute atomic E-state index is 0.0497. The van der Waals surface area contributed by atoms with Gasteiger partial charge in [-0.1, -0.05) is 29.8 Å². The van der Waals surface area contributed by atoms with Crippen LogP contribution in [0, 0.1) is 12.7 Å². The number of pyridine rings is 1. The van der Waals surface area contributed by atoms with Crippen molar-refractivity contribution in [3.05, 3.63) is 104 Å². The van der Waals surface area contributed by atoms with Crippen molar-refractivity contribution in [3.63, 3.8) is 0 Å². The van der Waals surface area contributed by atoms with Crippen LogP contribution in [0.4, 0.5) is 4.39 Å². The third kappa shape index (κ3) is 5.28. The molecule has 2 aromatic heterocycles. The lowest BCUT2D eigenvalue weighted by Gasteiger charge is -2.15. The van der Waals surface area contributed by atoms with Crippen LogP contribution in [-0.2, 0) is 11.8 Å². The summed E-state index contributed by atoms with van der Waals surface area (Å²) in [6.45, 7) is 1.11. The van der Waals surface area contributed by atoms with Gasteiger partial charge in [-0.25, -0.2) is 23.5 Å². The van der Waals surface area contributed by atoms with Gasteiger partial charge in [0.15, 0.2) is 12.4 Å². The first kappa shape index (κ1) is 24.7. The van der Waals surface area contributed by atoms with E-state index in [2.05, 4.69) is 4.98 Å². The number of hydrogen-bond acceptors (Lipinski definition) is 7. The van der Waals surface area contributed by atoms with E-state index >= 15 is 0 Å². The monoisotopic (exact) mass is 511 g/mol. The molecule has 2 heterocycles. The Bertz CT molecular complexity index is 1550. The van der Waals surface area contributed by atoms with Gasteiger partial charge in [-0.2, -0.15) is 0 Å². The van der Waals surface area contributed by atoms with Crippen molar-refractivity contribution in [1.29, 1.82) is 0 Å². The van der Waals surface area contributed by atoms with Crippen LogP contribution < -0.4 is 25.5 Å². The molecule has 0 amide bonds. The third-order valence-electron chi connectivity index (χ3n) is 5.06. The second kappa shape index (κ2) is 10.4. The number of aromatic nitrogens is 3. The molecule has 0 fully saturated rings. The Hall–Kier alpha value is -4.44. The molecule has 0 atom stereocenters. The highest BCUT2D eigenvalue weighted by atomic mass is 35.5. The molecule has 36 heavy (non-hydrogen) atoms. The minimum Gasteiger partial charge on any atom is -0.463 e. The Kier molecular flexibility index (Phi) is 7.16. The lowest BCUT2D eigenvalue weighted by molar-refractivity contribution is -0.136. The van der Waals surface area contributed by atoms with E-state index in [4.69, 9.17) is 25.8 Å². The number of hydrogen-bond donors (Lipinski definition) is 0. The molecule has 4 rings (SSSR count). The average Bonchev–Trinajstić information content (AvgIpc) is 2.85. The Morgan fingerprint density at radius 1 is 1.06 bits per heavy atom. The predicted molar refractivity (Wildman–Crippen MR) is 129 cm³/mol. The molecule has 0 N–H and O–H groups in total. The molecule has 184 valence electrons. The average molecular weight is 512 g/mol. The van der Waals surface area contributed by atoms with Gasteiger partial charge in [-0.3, -0.25) is 4.79 Å². The Morgan fingerprint density at radius 2 is 1.81 bits per heavy atom. The largest absolute Gasteiger partial charge is 0.463 e. The number of carbonyl (C=O) groups excluding carboxylic acids is 1. The van der Waals surface area contributed by atoms with Gasteiger partial charge in [0.1, 0.15) is 17.3 Å². The van der Waals surface area contributed by atoms with Crippen molar-refractivity contribution < 1.29 is 23.4 Å². The van der Waals surface area contributed by atoms with Crippen LogP contribution >= 0.6 is 11.6 Å².